The average Bonchev–Trinajstić information content (AvgIpc) is 2.84. The second-order valence-corrected chi connectivity index (χ2v) is 10.1. The molecule has 184 valence electrons. The van der Waals surface area contributed by atoms with Crippen molar-refractivity contribution < 1.29 is 14.3 Å². The van der Waals surface area contributed by atoms with E-state index in [-0.39, 0.29) is 17.9 Å². The van der Waals surface area contributed by atoms with Crippen molar-refractivity contribution in [1.29, 1.82) is 0 Å². The molecule has 1 aliphatic rings. The number of amides is 2. The number of nitrogens with one attached hydrogen (secondary N) is 1. The van der Waals surface area contributed by atoms with Gasteiger partial charge in [-0.05, 0) is 49.4 Å². The minimum Gasteiger partial charge on any atom is -0.497 e. The first-order valence-corrected chi connectivity index (χ1v) is 13.5. The molecule has 0 aromatic heterocycles. The number of aryl methyl sites for hydroxylation is 1. The van der Waals surface area contributed by atoms with Crippen LogP contribution in [0.4, 0.5) is 0 Å². The minimum atomic E-state index is -0.486. The lowest BCUT2D eigenvalue weighted by Gasteiger charge is -2.32. The molecule has 2 amide bonds. The van der Waals surface area contributed by atoms with Gasteiger partial charge in [0.2, 0.25) is 11.8 Å². The van der Waals surface area contributed by atoms with Crippen LogP contribution in [0.5, 0.6) is 5.75 Å². The van der Waals surface area contributed by atoms with Gasteiger partial charge in [0, 0.05) is 18.3 Å². The van der Waals surface area contributed by atoms with Crippen LogP contribution in [0.1, 0.15) is 62.1 Å². The van der Waals surface area contributed by atoms with Crippen LogP contribution in [0.3, 0.4) is 0 Å². The van der Waals surface area contributed by atoms with Gasteiger partial charge in [-0.2, -0.15) is 0 Å². The van der Waals surface area contributed by atoms with E-state index >= 15 is 0 Å². The van der Waals surface area contributed by atoms with Crippen LogP contribution in [-0.4, -0.2) is 41.7 Å². The van der Waals surface area contributed by atoms with Crippen LogP contribution in [0.25, 0.3) is 0 Å². The maximum Gasteiger partial charge on any atom is 0.243 e. The highest BCUT2D eigenvalue weighted by molar-refractivity contribution is 7.99. The van der Waals surface area contributed by atoms with E-state index in [2.05, 4.69) is 30.4 Å². The third-order valence-corrected chi connectivity index (χ3v) is 7.39. The van der Waals surface area contributed by atoms with Gasteiger partial charge < -0.3 is 15.0 Å². The van der Waals surface area contributed by atoms with Crippen LogP contribution >= 0.6 is 11.8 Å². The van der Waals surface area contributed by atoms with Crippen molar-refractivity contribution in [3.05, 3.63) is 65.2 Å². The number of ether oxygens (including phenoxy) is 1. The molecule has 3 rings (SSSR count). The Labute approximate surface area is 208 Å². The smallest absolute Gasteiger partial charge is 0.243 e. The summed E-state index contributed by atoms with van der Waals surface area (Å²) in [6.45, 7) is 4.44. The number of thioether (sulfide) groups is 1. The van der Waals surface area contributed by atoms with Gasteiger partial charge in [0.25, 0.3) is 0 Å². The molecule has 34 heavy (non-hydrogen) atoms. The molecule has 0 radical (unpaired) electrons. The van der Waals surface area contributed by atoms with Crippen LogP contribution < -0.4 is 10.1 Å². The van der Waals surface area contributed by atoms with Gasteiger partial charge in [-0.3, -0.25) is 9.59 Å². The molecule has 0 saturated heterocycles. The number of hydrogen-bond donors (Lipinski definition) is 1. The Hall–Kier alpha value is -2.47. The number of rotatable bonds is 11. The topological polar surface area (TPSA) is 58.6 Å². The molecule has 1 atom stereocenters. The Balaban J connectivity index is 1.72. The highest BCUT2D eigenvalue weighted by Gasteiger charge is 2.30. The third-order valence-electron chi connectivity index (χ3n) is 6.40. The van der Waals surface area contributed by atoms with Crippen molar-refractivity contribution in [2.24, 2.45) is 0 Å². The summed E-state index contributed by atoms with van der Waals surface area (Å²) in [6.07, 6.45) is 6.18. The summed E-state index contributed by atoms with van der Waals surface area (Å²) in [5.74, 6) is 1.82. The lowest BCUT2D eigenvalue weighted by Crippen LogP contribution is -2.52. The first-order chi connectivity index (χ1) is 16.5. The lowest BCUT2D eigenvalue weighted by molar-refractivity contribution is -0.139. The van der Waals surface area contributed by atoms with Crippen molar-refractivity contribution in [2.45, 2.75) is 76.8 Å². The molecule has 6 heteroatoms. The first-order valence-electron chi connectivity index (χ1n) is 12.4. The third kappa shape index (κ3) is 7.79. The second kappa shape index (κ2) is 13.4. The van der Waals surface area contributed by atoms with Gasteiger partial charge in [0.05, 0.1) is 12.9 Å². The van der Waals surface area contributed by atoms with Gasteiger partial charge >= 0.3 is 0 Å². The largest absolute Gasteiger partial charge is 0.497 e. The second-order valence-electron chi connectivity index (χ2n) is 9.12. The standard InChI is InChI=1S/C28H38N2O3S/c1-4-26(28(32)29-24-13-6-5-7-14-24)30(18-22-11-9-15-25(17-22)33-3)27(31)20-34-19-23-12-8-10-21(2)16-23/h8-12,15-17,24,26H,4-7,13-14,18-20H2,1-3H3,(H,29,32)/t26-/m0/s1. The summed E-state index contributed by atoms with van der Waals surface area (Å²) in [4.78, 5) is 28.5. The number of hydrogen-bond acceptors (Lipinski definition) is 4. The zero-order chi connectivity index (χ0) is 24.3. The fourth-order valence-electron chi connectivity index (χ4n) is 4.57. The molecule has 0 heterocycles. The Morgan fingerprint density at radius 3 is 2.53 bits per heavy atom. The summed E-state index contributed by atoms with van der Waals surface area (Å²) >= 11 is 1.60. The van der Waals surface area contributed by atoms with E-state index in [1.807, 2.05) is 37.3 Å². The van der Waals surface area contributed by atoms with E-state index in [4.69, 9.17) is 4.74 Å². The van der Waals surface area contributed by atoms with Crippen molar-refractivity contribution >= 4 is 23.6 Å². The maximum atomic E-state index is 13.5. The minimum absolute atomic E-state index is 0.00822. The zero-order valence-electron chi connectivity index (χ0n) is 20.7. The molecule has 2 aromatic carbocycles. The molecule has 1 aliphatic carbocycles. The monoisotopic (exact) mass is 482 g/mol. The van der Waals surface area contributed by atoms with Crippen molar-refractivity contribution in [3.8, 4) is 5.75 Å². The number of benzene rings is 2. The predicted octanol–water partition coefficient (Wildman–Crippen LogP) is 5.49. The van der Waals surface area contributed by atoms with Gasteiger partial charge in [-0.15, -0.1) is 11.8 Å². The molecule has 0 unspecified atom stereocenters. The summed E-state index contributed by atoms with van der Waals surface area (Å²) in [7, 11) is 1.64. The highest BCUT2D eigenvalue weighted by atomic mass is 32.2. The Bertz CT molecular complexity index is 943. The van der Waals surface area contributed by atoms with Crippen molar-refractivity contribution in [3.63, 3.8) is 0 Å². The number of carbonyl (C=O) groups is 2. The Kier molecular flexibility index (Phi) is 10.3. The normalized spacial score (nSPS) is 14.9. The van der Waals surface area contributed by atoms with Crippen molar-refractivity contribution in [2.75, 3.05) is 12.9 Å². The van der Waals surface area contributed by atoms with Gasteiger partial charge in [0.1, 0.15) is 11.8 Å². The molecular formula is C28H38N2O3S. The van der Waals surface area contributed by atoms with Gasteiger partial charge in [-0.1, -0.05) is 68.1 Å². The molecular weight excluding hydrogens is 444 g/mol. The molecule has 0 spiro atoms. The highest BCUT2D eigenvalue weighted by Crippen LogP contribution is 2.21. The predicted molar refractivity (Wildman–Crippen MR) is 140 cm³/mol. The summed E-state index contributed by atoms with van der Waals surface area (Å²) < 4.78 is 5.37. The van der Waals surface area contributed by atoms with E-state index in [0.29, 0.717) is 18.7 Å². The number of carbonyl (C=O) groups excluding carboxylic acids is 2. The lowest BCUT2D eigenvalue weighted by atomic mass is 9.95. The van der Waals surface area contributed by atoms with E-state index in [9.17, 15) is 9.59 Å². The molecule has 1 fully saturated rings. The Morgan fingerprint density at radius 1 is 1.09 bits per heavy atom. The average molecular weight is 483 g/mol. The molecule has 5 nitrogen and oxygen atoms in total. The number of nitrogens with zero attached hydrogens (tertiary/aromatic N) is 1. The quantitative estimate of drug-likeness (QED) is 0.460. The van der Waals surface area contributed by atoms with Crippen LogP contribution in [0, 0.1) is 6.92 Å². The SMILES string of the molecule is CC[C@@H](C(=O)NC1CCCCC1)N(Cc1cccc(OC)c1)C(=O)CSCc1cccc(C)c1. The molecule has 2 aromatic rings. The van der Waals surface area contributed by atoms with Crippen LogP contribution in [0.2, 0.25) is 0 Å². The van der Waals surface area contributed by atoms with Gasteiger partial charge in [-0.25, -0.2) is 0 Å². The summed E-state index contributed by atoms with van der Waals surface area (Å²) in [5, 5.41) is 3.24. The fourth-order valence-corrected chi connectivity index (χ4v) is 5.43. The zero-order valence-corrected chi connectivity index (χ0v) is 21.5. The van der Waals surface area contributed by atoms with E-state index in [1.165, 1.54) is 17.5 Å². The Morgan fingerprint density at radius 2 is 1.82 bits per heavy atom. The fraction of sp³-hybridized carbons (Fsp3) is 0.500. The number of methoxy groups -OCH3 is 1. The van der Waals surface area contributed by atoms with Crippen molar-refractivity contribution in [1.82, 2.24) is 10.2 Å². The maximum absolute atomic E-state index is 13.5. The molecule has 0 aliphatic heterocycles. The van der Waals surface area contributed by atoms with Gasteiger partial charge in [0.15, 0.2) is 0 Å². The van der Waals surface area contributed by atoms with E-state index < -0.39 is 6.04 Å². The summed E-state index contributed by atoms with van der Waals surface area (Å²) in [5.41, 5.74) is 3.38. The first kappa shape index (κ1) is 26.1. The van der Waals surface area contributed by atoms with Crippen LogP contribution in [0.15, 0.2) is 48.5 Å². The molecule has 1 saturated carbocycles. The van der Waals surface area contributed by atoms with E-state index in [0.717, 1.165) is 42.7 Å². The molecule has 1 N–H and O–H groups in total. The summed E-state index contributed by atoms with van der Waals surface area (Å²) in [6, 6.07) is 15.8. The molecule has 0 bridgehead atoms. The van der Waals surface area contributed by atoms with E-state index in [1.54, 1.807) is 23.8 Å². The van der Waals surface area contributed by atoms with Crippen LogP contribution in [-0.2, 0) is 21.9 Å².